The van der Waals surface area contributed by atoms with Crippen LogP contribution in [-0.2, 0) is 0 Å². The van der Waals surface area contributed by atoms with Crippen LogP contribution in [0.15, 0.2) is 40.4 Å². The van der Waals surface area contributed by atoms with Gasteiger partial charge in [0.05, 0.1) is 6.54 Å². The summed E-state index contributed by atoms with van der Waals surface area (Å²) in [7, 11) is 0. The molecule has 1 fully saturated rings. The van der Waals surface area contributed by atoms with Crippen LogP contribution < -0.4 is 5.73 Å². The molecule has 3 aliphatic rings. The molecular weight excluding hydrogens is 232 g/mol. The van der Waals surface area contributed by atoms with Crippen LogP contribution in [0.5, 0.6) is 0 Å². The first-order valence-corrected chi connectivity index (χ1v) is 7.66. The van der Waals surface area contributed by atoms with Crippen molar-refractivity contribution < 1.29 is 0 Å². The van der Waals surface area contributed by atoms with Gasteiger partial charge in [0.1, 0.15) is 0 Å². The van der Waals surface area contributed by atoms with Crippen molar-refractivity contribution in [3.05, 3.63) is 35.5 Å². The van der Waals surface area contributed by atoms with Gasteiger partial charge in [0.15, 0.2) is 0 Å². The lowest BCUT2D eigenvalue weighted by molar-refractivity contribution is 0.400. The zero-order chi connectivity index (χ0) is 13.1. The van der Waals surface area contributed by atoms with Crippen LogP contribution in [0.2, 0.25) is 0 Å². The summed E-state index contributed by atoms with van der Waals surface area (Å²) in [5, 5.41) is 0. The molecule has 2 N–H and O–H groups in total. The molecule has 3 atom stereocenters. The lowest BCUT2D eigenvalue weighted by Crippen LogP contribution is -2.25. The van der Waals surface area contributed by atoms with Crippen LogP contribution in [0.1, 0.15) is 38.5 Å². The molecule has 0 aromatic heterocycles. The van der Waals surface area contributed by atoms with Crippen molar-refractivity contribution in [3.8, 4) is 0 Å². The number of aliphatic imine (C=N–C) groups is 1. The molecule has 0 amide bonds. The molecule has 2 heteroatoms. The number of allylic oxidation sites excluding steroid dienone is 5. The summed E-state index contributed by atoms with van der Waals surface area (Å²) in [5.41, 5.74) is 9.31. The third kappa shape index (κ3) is 2.89. The Morgan fingerprint density at radius 2 is 2.16 bits per heavy atom. The molecule has 3 rings (SSSR count). The number of hydrogen-bond donors (Lipinski definition) is 1. The van der Waals surface area contributed by atoms with Gasteiger partial charge in [-0.2, -0.15) is 0 Å². The van der Waals surface area contributed by atoms with E-state index in [0.717, 1.165) is 25.3 Å². The maximum Gasteiger partial charge on any atom is 0.0569 e. The number of rotatable bonds is 0. The fourth-order valence-corrected chi connectivity index (χ4v) is 3.76. The lowest BCUT2D eigenvalue weighted by Gasteiger charge is -2.31. The Balaban J connectivity index is 1.89. The minimum absolute atomic E-state index is 0.398. The zero-order valence-corrected chi connectivity index (χ0v) is 11.6. The van der Waals surface area contributed by atoms with Crippen molar-refractivity contribution in [1.29, 1.82) is 0 Å². The molecule has 1 heterocycles. The summed E-state index contributed by atoms with van der Waals surface area (Å²) in [6.45, 7) is 0.823. The van der Waals surface area contributed by atoms with Gasteiger partial charge in [-0.25, -0.2) is 0 Å². The van der Waals surface area contributed by atoms with E-state index in [1.165, 1.54) is 31.3 Å². The highest BCUT2D eigenvalue weighted by Gasteiger charge is 2.30. The molecule has 0 radical (unpaired) electrons. The van der Waals surface area contributed by atoms with Gasteiger partial charge in [-0.15, -0.1) is 0 Å². The monoisotopic (exact) mass is 256 g/mol. The zero-order valence-electron chi connectivity index (χ0n) is 11.6. The van der Waals surface area contributed by atoms with Crippen LogP contribution in [-0.4, -0.2) is 18.8 Å². The van der Waals surface area contributed by atoms with E-state index in [2.05, 4.69) is 35.5 Å². The standard InChI is InChI=1S/C17H24N2/c18-15-5-1-6-17-14(12-15)9-8-13-4-2-10-19-11-3-7-16(13)17/h2,4,8-9,11,14-15,17H,1,3,5-7,10,12,18H2/b4-2-,19-11-. The second kappa shape index (κ2) is 5.87. The van der Waals surface area contributed by atoms with Crippen LogP contribution in [0.25, 0.3) is 0 Å². The summed E-state index contributed by atoms with van der Waals surface area (Å²) >= 11 is 0. The highest BCUT2D eigenvalue weighted by atomic mass is 14.7. The third-order valence-electron chi connectivity index (χ3n) is 4.70. The number of nitrogens with zero attached hydrogens (tertiary/aromatic N) is 1. The normalized spacial score (nSPS) is 38.3. The minimum Gasteiger partial charge on any atom is -0.328 e. The van der Waals surface area contributed by atoms with E-state index in [1.807, 2.05) is 0 Å². The molecule has 0 bridgehead atoms. The molecule has 0 aromatic rings. The maximum atomic E-state index is 6.21. The van der Waals surface area contributed by atoms with Crippen molar-refractivity contribution in [2.45, 2.75) is 44.6 Å². The van der Waals surface area contributed by atoms with Crippen LogP contribution in [0.3, 0.4) is 0 Å². The minimum atomic E-state index is 0.398. The van der Waals surface area contributed by atoms with Gasteiger partial charge in [-0.1, -0.05) is 36.3 Å². The van der Waals surface area contributed by atoms with Crippen molar-refractivity contribution in [2.75, 3.05) is 6.54 Å². The fourth-order valence-electron chi connectivity index (χ4n) is 3.76. The third-order valence-corrected chi connectivity index (χ3v) is 4.70. The van der Waals surface area contributed by atoms with Gasteiger partial charge in [0.25, 0.3) is 0 Å². The summed E-state index contributed by atoms with van der Waals surface area (Å²) < 4.78 is 0. The smallest absolute Gasteiger partial charge is 0.0569 e. The molecule has 2 aliphatic carbocycles. The van der Waals surface area contributed by atoms with E-state index in [1.54, 1.807) is 5.57 Å². The van der Waals surface area contributed by atoms with Crippen molar-refractivity contribution >= 4 is 6.21 Å². The van der Waals surface area contributed by atoms with Crippen molar-refractivity contribution in [2.24, 2.45) is 22.6 Å². The second-order valence-electron chi connectivity index (χ2n) is 6.03. The quantitative estimate of drug-likeness (QED) is 0.708. The molecule has 1 saturated carbocycles. The molecule has 3 unspecified atom stereocenters. The molecule has 2 nitrogen and oxygen atoms in total. The Morgan fingerprint density at radius 3 is 3.11 bits per heavy atom. The van der Waals surface area contributed by atoms with E-state index in [0.29, 0.717) is 12.0 Å². The highest BCUT2D eigenvalue weighted by molar-refractivity contribution is 5.59. The average Bonchev–Trinajstić information content (AvgIpc) is 2.52. The van der Waals surface area contributed by atoms with Gasteiger partial charge >= 0.3 is 0 Å². The topological polar surface area (TPSA) is 38.4 Å². The molecule has 0 saturated heterocycles. The van der Waals surface area contributed by atoms with E-state index >= 15 is 0 Å². The predicted octanol–water partition coefficient (Wildman–Crippen LogP) is 3.41. The first-order chi connectivity index (χ1) is 9.34. The summed E-state index contributed by atoms with van der Waals surface area (Å²) in [6.07, 6.45) is 18.5. The SMILES string of the molecule is NC1CCCC2C3=C(C=CC2C1)/C=C\C/N=C\CC3. The van der Waals surface area contributed by atoms with Crippen LogP contribution >= 0.6 is 0 Å². The fraction of sp³-hybridized carbons (Fsp3) is 0.588. The molecule has 1 aliphatic heterocycles. The van der Waals surface area contributed by atoms with Gasteiger partial charge in [-0.05, 0) is 55.7 Å². The Morgan fingerprint density at radius 1 is 1.21 bits per heavy atom. The van der Waals surface area contributed by atoms with E-state index < -0.39 is 0 Å². The lowest BCUT2D eigenvalue weighted by atomic mass is 9.74. The van der Waals surface area contributed by atoms with Gasteiger partial charge in [0, 0.05) is 6.04 Å². The molecule has 19 heavy (non-hydrogen) atoms. The highest BCUT2D eigenvalue weighted by Crippen LogP contribution is 2.41. The largest absolute Gasteiger partial charge is 0.328 e. The number of nitrogens with two attached hydrogens (primary N) is 1. The molecular formula is C17H24N2. The second-order valence-corrected chi connectivity index (χ2v) is 6.03. The number of hydrogen-bond acceptors (Lipinski definition) is 2. The summed E-state index contributed by atoms with van der Waals surface area (Å²) in [4.78, 5) is 4.40. The van der Waals surface area contributed by atoms with Gasteiger partial charge < -0.3 is 5.73 Å². The molecule has 0 aromatic carbocycles. The van der Waals surface area contributed by atoms with Crippen LogP contribution in [0, 0.1) is 11.8 Å². The Hall–Kier alpha value is -1.15. The van der Waals surface area contributed by atoms with Gasteiger partial charge in [0.2, 0.25) is 0 Å². The summed E-state index contributed by atoms with van der Waals surface area (Å²) in [6, 6.07) is 0.398. The molecule has 0 spiro atoms. The van der Waals surface area contributed by atoms with Gasteiger partial charge in [-0.3, -0.25) is 4.99 Å². The van der Waals surface area contributed by atoms with Crippen molar-refractivity contribution in [1.82, 2.24) is 0 Å². The Bertz CT molecular complexity index is 442. The van der Waals surface area contributed by atoms with Crippen LogP contribution in [0.4, 0.5) is 0 Å². The Labute approximate surface area is 116 Å². The predicted molar refractivity (Wildman–Crippen MR) is 81.3 cm³/mol. The first kappa shape index (κ1) is 12.9. The van der Waals surface area contributed by atoms with E-state index in [-0.39, 0.29) is 0 Å². The summed E-state index contributed by atoms with van der Waals surface area (Å²) in [5.74, 6) is 1.40. The number of fused-ring (bicyclic) bond motifs is 2. The van der Waals surface area contributed by atoms with E-state index in [9.17, 15) is 0 Å². The Kier molecular flexibility index (Phi) is 3.97. The van der Waals surface area contributed by atoms with Crippen molar-refractivity contribution in [3.63, 3.8) is 0 Å². The first-order valence-electron chi connectivity index (χ1n) is 7.66. The maximum absolute atomic E-state index is 6.21. The van der Waals surface area contributed by atoms with E-state index in [4.69, 9.17) is 5.73 Å². The molecule has 102 valence electrons. The average molecular weight is 256 g/mol.